The summed E-state index contributed by atoms with van der Waals surface area (Å²) in [6.07, 6.45) is -4.20. The van der Waals surface area contributed by atoms with Crippen LogP contribution < -0.4 is 14.8 Å². The quantitative estimate of drug-likeness (QED) is 0.593. The number of carbonyl (C=O) groups is 1. The van der Waals surface area contributed by atoms with Crippen molar-refractivity contribution in [3.8, 4) is 17.2 Å². The Hall–Kier alpha value is -3.27. The number of benzene rings is 2. The van der Waals surface area contributed by atoms with Crippen molar-refractivity contribution in [2.75, 3.05) is 13.2 Å². The Morgan fingerprint density at radius 2 is 1.94 bits per heavy atom. The lowest BCUT2D eigenvalue weighted by atomic mass is 10.1. The van der Waals surface area contributed by atoms with Gasteiger partial charge in [0, 0.05) is 6.54 Å². The van der Waals surface area contributed by atoms with Gasteiger partial charge in [-0.05, 0) is 29.8 Å². The van der Waals surface area contributed by atoms with Crippen molar-refractivity contribution in [3.63, 3.8) is 0 Å². The molecule has 1 amide bonds. The van der Waals surface area contributed by atoms with Crippen molar-refractivity contribution >= 4 is 17.5 Å². The highest BCUT2D eigenvalue weighted by atomic mass is 35.5. The molecule has 2 aromatic carbocycles. The van der Waals surface area contributed by atoms with E-state index >= 15 is 0 Å². The molecule has 1 aliphatic rings. The molecule has 3 aromatic rings. The summed E-state index contributed by atoms with van der Waals surface area (Å²) in [6.45, 7) is 0.537. The van der Waals surface area contributed by atoms with E-state index in [1.54, 1.807) is 6.07 Å². The first-order chi connectivity index (χ1) is 14.8. The van der Waals surface area contributed by atoms with Crippen LogP contribution in [0.1, 0.15) is 21.6 Å². The molecule has 11 heteroatoms. The minimum atomic E-state index is -4.95. The molecule has 1 aliphatic heterocycles. The molecule has 2 heterocycles. The standard InChI is InChI=1S/C20H14ClF4N3O3/c21-13-7-11(8-16-17(13)31-6-5-30-16)9-26-19(29)12-10-27-28(18(12)20(23,24)25)15-4-2-1-3-14(15)22/h1-4,7-8,10H,5-6,9H2,(H,26,29). The maximum Gasteiger partial charge on any atom is 0.434 e. The number of rotatable bonds is 4. The molecule has 0 fully saturated rings. The molecule has 1 N–H and O–H groups in total. The zero-order valence-electron chi connectivity index (χ0n) is 15.7. The molecule has 0 saturated heterocycles. The number of hydrogen-bond acceptors (Lipinski definition) is 4. The summed E-state index contributed by atoms with van der Waals surface area (Å²) in [6, 6.07) is 7.93. The second-order valence-corrected chi connectivity index (χ2v) is 6.96. The molecule has 0 unspecified atom stereocenters. The fourth-order valence-electron chi connectivity index (χ4n) is 3.14. The van der Waals surface area contributed by atoms with E-state index in [0.717, 1.165) is 18.3 Å². The first kappa shape index (κ1) is 21.0. The Kier molecular flexibility index (Phi) is 5.48. The molecular weight excluding hydrogens is 442 g/mol. The SMILES string of the molecule is O=C(NCc1cc(Cl)c2c(c1)OCCO2)c1cnn(-c2ccccc2F)c1C(F)(F)F. The van der Waals surface area contributed by atoms with Gasteiger partial charge in [-0.3, -0.25) is 4.79 Å². The van der Waals surface area contributed by atoms with Gasteiger partial charge >= 0.3 is 6.18 Å². The lowest BCUT2D eigenvalue weighted by Gasteiger charge is -2.20. The smallest absolute Gasteiger partial charge is 0.434 e. The third-order valence-corrected chi connectivity index (χ3v) is 4.75. The molecule has 0 saturated carbocycles. The zero-order chi connectivity index (χ0) is 22.2. The average Bonchev–Trinajstić information content (AvgIpc) is 3.18. The zero-order valence-corrected chi connectivity index (χ0v) is 16.4. The number of alkyl halides is 3. The molecule has 1 aromatic heterocycles. The summed E-state index contributed by atoms with van der Waals surface area (Å²) in [5.74, 6) is -1.19. The van der Waals surface area contributed by atoms with Gasteiger partial charge in [0.1, 0.15) is 24.7 Å². The van der Waals surface area contributed by atoms with Crippen LogP contribution in [0.5, 0.6) is 11.5 Å². The Morgan fingerprint density at radius 3 is 2.68 bits per heavy atom. The van der Waals surface area contributed by atoms with Crippen molar-refractivity contribution in [1.82, 2.24) is 15.1 Å². The molecule has 31 heavy (non-hydrogen) atoms. The van der Waals surface area contributed by atoms with E-state index in [9.17, 15) is 22.4 Å². The molecule has 0 radical (unpaired) electrons. The third-order valence-electron chi connectivity index (χ3n) is 4.47. The minimum Gasteiger partial charge on any atom is -0.486 e. The number of aromatic nitrogens is 2. The van der Waals surface area contributed by atoms with E-state index in [-0.39, 0.29) is 11.6 Å². The van der Waals surface area contributed by atoms with Crippen molar-refractivity contribution in [3.05, 3.63) is 70.3 Å². The number of hydrogen-bond donors (Lipinski definition) is 1. The summed E-state index contributed by atoms with van der Waals surface area (Å²) in [5, 5.41) is 6.25. The molecule has 4 rings (SSSR count). The predicted octanol–water partition coefficient (Wildman–Crippen LogP) is 4.38. The number of para-hydroxylation sites is 1. The van der Waals surface area contributed by atoms with Crippen molar-refractivity contribution in [2.24, 2.45) is 0 Å². The molecule has 0 spiro atoms. The van der Waals surface area contributed by atoms with Crippen LogP contribution in [-0.2, 0) is 12.7 Å². The highest BCUT2D eigenvalue weighted by Crippen LogP contribution is 2.38. The topological polar surface area (TPSA) is 65.4 Å². The number of fused-ring (bicyclic) bond motifs is 1. The lowest BCUT2D eigenvalue weighted by molar-refractivity contribution is -0.143. The monoisotopic (exact) mass is 455 g/mol. The number of carbonyl (C=O) groups excluding carboxylic acids is 1. The van der Waals surface area contributed by atoms with E-state index in [2.05, 4.69) is 10.4 Å². The first-order valence-corrected chi connectivity index (χ1v) is 9.40. The van der Waals surface area contributed by atoms with Crippen molar-refractivity contribution in [2.45, 2.75) is 12.7 Å². The largest absolute Gasteiger partial charge is 0.486 e. The molecule has 0 aliphatic carbocycles. The number of nitrogens with one attached hydrogen (secondary N) is 1. The Labute approximate surface area is 178 Å². The van der Waals surface area contributed by atoms with Crippen LogP contribution in [0.4, 0.5) is 17.6 Å². The second-order valence-electron chi connectivity index (χ2n) is 6.55. The summed E-state index contributed by atoms with van der Waals surface area (Å²) in [4.78, 5) is 12.5. The summed E-state index contributed by atoms with van der Waals surface area (Å²) >= 11 is 6.14. The molecular formula is C20H14ClF4N3O3. The van der Waals surface area contributed by atoms with Gasteiger partial charge in [0.05, 0.1) is 16.8 Å². The van der Waals surface area contributed by atoms with Gasteiger partial charge in [-0.15, -0.1) is 0 Å². The maximum atomic E-state index is 14.0. The van der Waals surface area contributed by atoms with E-state index < -0.39 is 34.8 Å². The van der Waals surface area contributed by atoms with Crippen molar-refractivity contribution < 1.29 is 31.8 Å². The normalized spacial score (nSPS) is 13.2. The minimum absolute atomic E-state index is 0.128. The fourth-order valence-corrected chi connectivity index (χ4v) is 3.43. The van der Waals surface area contributed by atoms with Gasteiger partial charge in [0.15, 0.2) is 17.2 Å². The van der Waals surface area contributed by atoms with Crippen LogP contribution in [0.2, 0.25) is 5.02 Å². The first-order valence-electron chi connectivity index (χ1n) is 9.02. The molecule has 0 bridgehead atoms. The van der Waals surface area contributed by atoms with Gasteiger partial charge < -0.3 is 14.8 Å². The Balaban J connectivity index is 1.61. The summed E-state index contributed by atoms with van der Waals surface area (Å²) < 4.78 is 66.4. The summed E-state index contributed by atoms with van der Waals surface area (Å²) in [7, 11) is 0. The van der Waals surface area contributed by atoms with E-state index in [1.807, 2.05) is 0 Å². The van der Waals surface area contributed by atoms with Crippen LogP contribution >= 0.6 is 11.6 Å². The number of amides is 1. The van der Waals surface area contributed by atoms with Crippen LogP contribution in [-0.4, -0.2) is 28.9 Å². The number of ether oxygens (including phenoxy) is 2. The van der Waals surface area contributed by atoms with Crippen LogP contribution in [0.15, 0.2) is 42.6 Å². The van der Waals surface area contributed by atoms with Crippen LogP contribution in [0, 0.1) is 5.82 Å². The Morgan fingerprint density at radius 1 is 1.19 bits per heavy atom. The second kappa shape index (κ2) is 8.10. The van der Waals surface area contributed by atoms with Gasteiger partial charge in [0.2, 0.25) is 0 Å². The van der Waals surface area contributed by atoms with Gasteiger partial charge in [0.25, 0.3) is 5.91 Å². The number of nitrogens with zero attached hydrogens (tertiary/aromatic N) is 2. The van der Waals surface area contributed by atoms with Crippen LogP contribution in [0.25, 0.3) is 5.69 Å². The molecule has 6 nitrogen and oxygen atoms in total. The van der Waals surface area contributed by atoms with E-state index in [4.69, 9.17) is 21.1 Å². The third kappa shape index (κ3) is 4.15. The number of halogens is 5. The molecule has 0 atom stereocenters. The van der Waals surface area contributed by atoms with E-state index in [0.29, 0.717) is 35.0 Å². The van der Waals surface area contributed by atoms with Gasteiger partial charge in [-0.1, -0.05) is 23.7 Å². The van der Waals surface area contributed by atoms with Crippen LogP contribution in [0.3, 0.4) is 0 Å². The average molecular weight is 456 g/mol. The Bertz CT molecular complexity index is 1150. The predicted molar refractivity (Wildman–Crippen MR) is 102 cm³/mol. The lowest BCUT2D eigenvalue weighted by Crippen LogP contribution is -2.26. The molecule has 162 valence electrons. The van der Waals surface area contributed by atoms with Crippen molar-refractivity contribution in [1.29, 1.82) is 0 Å². The van der Waals surface area contributed by atoms with Gasteiger partial charge in [-0.25, -0.2) is 9.07 Å². The highest BCUT2D eigenvalue weighted by Gasteiger charge is 2.41. The maximum absolute atomic E-state index is 14.0. The fraction of sp³-hybridized carbons (Fsp3) is 0.200. The van der Waals surface area contributed by atoms with Gasteiger partial charge in [-0.2, -0.15) is 18.3 Å². The summed E-state index contributed by atoms with van der Waals surface area (Å²) in [5.41, 5.74) is -2.04. The van der Waals surface area contributed by atoms with E-state index in [1.165, 1.54) is 18.2 Å². The highest BCUT2D eigenvalue weighted by molar-refractivity contribution is 6.32.